The Kier molecular flexibility index (Phi) is 4.75. The number of aromatic nitrogens is 3. The van der Waals surface area contributed by atoms with E-state index in [0.717, 1.165) is 30.0 Å². The molecule has 0 amide bonds. The molecule has 6 nitrogen and oxygen atoms in total. The Morgan fingerprint density at radius 3 is 2.92 bits per heavy atom. The molecule has 0 unspecified atom stereocenters. The summed E-state index contributed by atoms with van der Waals surface area (Å²) in [6.45, 7) is 2.35. The van der Waals surface area contributed by atoms with Crippen LogP contribution >= 0.6 is 11.6 Å². The molecule has 26 heavy (non-hydrogen) atoms. The van der Waals surface area contributed by atoms with Gasteiger partial charge in [-0.1, -0.05) is 22.8 Å². The lowest BCUT2D eigenvalue weighted by Gasteiger charge is -2.13. The predicted octanol–water partition coefficient (Wildman–Crippen LogP) is 4.75. The maximum absolute atomic E-state index is 6.34. The van der Waals surface area contributed by atoms with Gasteiger partial charge >= 0.3 is 0 Å². The molecule has 0 radical (unpaired) electrons. The molecule has 1 N–H and O–H groups in total. The molecule has 3 aromatic rings. The van der Waals surface area contributed by atoms with Gasteiger partial charge in [-0.25, -0.2) is 0 Å². The Balaban J connectivity index is 1.38. The van der Waals surface area contributed by atoms with Crippen LogP contribution in [0.3, 0.4) is 0 Å². The van der Waals surface area contributed by atoms with Crippen molar-refractivity contribution in [2.45, 2.75) is 38.3 Å². The van der Waals surface area contributed by atoms with Gasteiger partial charge in [0.25, 0.3) is 0 Å². The predicted molar refractivity (Wildman–Crippen MR) is 98.3 cm³/mol. The molecular weight excluding hydrogens is 352 g/mol. The zero-order valence-corrected chi connectivity index (χ0v) is 15.1. The molecule has 0 spiro atoms. The van der Waals surface area contributed by atoms with E-state index in [0.29, 0.717) is 29.2 Å². The van der Waals surface area contributed by atoms with E-state index in [1.165, 1.54) is 0 Å². The summed E-state index contributed by atoms with van der Waals surface area (Å²) in [5, 5.41) is 7.90. The fourth-order valence-electron chi connectivity index (χ4n) is 2.59. The number of rotatable bonds is 7. The highest BCUT2D eigenvalue weighted by atomic mass is 35.5. The van der Waals surface area contributed by atoms with Crippen molar-refractivity contribution in [3.8, 4) is 5.75 Å². The third-order valence-electron chi connectivity index (χ3n) is 4.19. The molecule has 4 rings (SSSR count). The Morgan fingerprint density at radius 2 is 2.19 bits per heavy atom. The van der Waals surface area contributed by atoms with Gasteiger partial charge in [0.2, 0.25) is 5.89 Å². The van der Waals surface area contributed by atoms with Crippen LogP contribution in [0.1, 0.15) is 49.1 Å². The van der Waals surface area contributed by atoms with Gasteiger partial charge in [-0.3, -0.25) is 4.98 Å². The molecular formula is C19H19ClN4O2. The summed E-state index contributed by atoms with van der Waals surface area (Å²) in [7, 11) is 0. The molecule has 134 valence electrons. The van der Waals surface area contributed by atoms with Crippen molar-refractivity contribution < 1.29 is 9.26 Å². The van der Waals surface area contributed by atoms with Crippen molar-refractivity contribution in [2.24, 2.45) is 0 Å². The molecule has 1 fully saturated rings. The molecule has 1 aliphatic carbocycles. The summed E-state index contributed by atoms with van der Waals surface area (Å²) in [6, 6.07) is 11.2. The van der Waals surface area contributed by atoms with Crippen LogP contribution < -0.4 is 10.1 Å². The third-order valence-corrected chi connectivity index (χ3v) is 4.48. The quantitative estimate of drug-likeness (QED) is 0.647. The van der Waals surface area contributed by atoms with Gasteiger partial charge in [0.1, 0.15) is 18.4 Å². The maximum Gasteiger partial charge on any atom is 0.248 e. The Labute approximate surface area is 156 Å². The molecule has 0 bridgehead atoms. The molecule has 2 heterocycles. The molecule has 0 saturated heterocycles. The highest BCUT2D eigenvalue weighted by Gasteiger charge is 2.29. The van der Waals surface area contributed by atoms with E-state index in [4.69, 9.17) is 20.9 Å². The lowest BCUT2D eigenvalue weighted by Crippen LogP contribution is -2.07. The summed E-state index contributed by atoms with van der Waals surface area (Å²) in [5.41, 5.74) is 1.71. The van der Waals surface area contributed by atoms with Crippen molar-refractivity contribution in [1.29, 1.82) is 0 Å². The maximum atomic E-state index is 6.34. The molecule has 7 heteroatoms. The van der Waals surface area contributed by atoms with Crippen LogP contribution in [0.4, 0.5) is 5.69 Å². The van der Waals surface area contributed by atoms with Gasteiger partial charge < -0.3 is 14.6 Å². The van der Waals surface area contributed by atoms with E-state index in [1.807, 2.05) is 43.3 Å². The normalized spacial score (nSPS) is 14.8. The molecule has 2 aromatic heterocycles. The standard InChI is InChI=1S/C19H19ClN4O2/c1-12(19-23-18(24-26-19)13-5-6-13)22-14-7-8-17(16(20)10-14)25-11-15-4-2-3-9-21-15/h2-4,7-10,12-13,22H,5-6,11H2,1H3/t12-/m1/s1. The minimum Gasteiger partial charge on any atom is -0.486 e. The van der Waals surface area contributed by atoms with Crippen molar-refractivity contribution in [1.82, 2.24) is 15.1 Å². The van der Waals surface area contributed by atoms with E-state index in [9.17, 15) is 0 Å². The van der Waals surface area contributed by atoms with E-state index in [2.05, 4.69) is 20.4 Å². The lowest BCUT2D eigenvalue weighted by atomic mass is 10.2. The SMILES string of the molecule is C[C@@H](Nc1ccc(OCc2ccccn2)c(Cl)c1)c1nc(C2CC2)no1. The number of anilines is 1. The van der Waals surface area contributed by atoms with Crippen LogP contribution in [-0.2, 0) is 6.61 Å². The number of nitrogens with zero attached hydrogens (tertiary/aromatic N) is 3. The Bertz CT molecular complexity index is 880. The first-order valence-electron chi connectivity index (χ1n) is 8.61. The molecule has 1 atom stereocenters. The van der Waals surface area contributed by atoms with Crippen molar-refractivity contribution in [3.63, 3.8) is 0 Å². The van der Waals surface area contributed by atoms with Crippen LogP contribution in [0.5, 0.6) is 5.75 Å². The number of benzene rings is 1. The van der Waals surface area contributed by atoms with Crippen molar-refractivity contribution in [2.75, 3.05) is 5.32 Å². The second-order valence-electron chi connectivity index (χ2n) is 6.39. The summed E-state index contributed by atoms with van der Waals surface area (Å²) in [5.74, 6) is 2.48. The Hall–Kier alpha value is -2.60. The van der Waals surface area contributed by atoms with Crippen molar-refractivity contribution >= 4 is 17.3 Å². The van der Waals surface area contributed by atoms with Gasteiger partial charge in [-0.2, -0.15) is 4.98 Å². The van der Waals surface area contributed by atoms with Gasteiger partial charge in [0.05, 0.1) is 10.7 Å². The number of halogens is 1. The van der Waals surface area contributed by atoms with Crippen LogP contribution in [0.25, 0.3) is 0 Å². The van der Waals surface area contributed by atoms with Gasteiger partial charge in [0.15, 0.2) is 5.82 Å². The number of nitrogens with one attached hydrogen (secondary N) is 1. The fraction of sp³-hybridized carbons (Fsp3) is 0.316. The first-order chi connectivity index (χ1) is 12.7. The van der Waals surface area contributed by atoms with E-state index < -0.39 is 0 Å². The summed E-state index contributed by atoms with van der Waals surface area (Å²) in [4.78, 5) is 8.70. The van der Waals surface area contributed by atoms with E-state index >= 15 is 0 Å². The monoisotopic (exact) mass is 370 g/mol. The highest BCUT2D eigenvalue weighted by Crippen LogP contribution is 2.38. The van der Waals surface area contributed by atoms with E-state index in [1.54, 1.807) is 6.20 Å². The second-order valence-corrected chi connectivity index (χ2v) is 6.79. The van der Waals surface area contributed by atoms with Crippen molar-refractivity contribution in [3.05, 3.63) is 65.0 Å². The average molecular weight is 371 g/mol. The van der Waals surface area contributed by atoms with Crippen LogP contribution in [-0.4, -0.2) is 15.1 Å². The van der Waals surface area contributed by atoms with Crippen LogP contribution in [0, 0.1) is 0 Å². The summed E-state index contributed by atoms with van der Waals surface area (Å²) in [6.07, 6.45) is 4.04. The third kappa shape index (κ3) is 3.96. The minimum absolute atomic E-state index is 0.105. The topological polar surface area (TPSA) is 73.1 Å². The number of hydrogen-bond donors (Lipinski definition) is 1. The van der Waals surface area contributed by atoms with Crippen LogP contribution in [0.2, 0.25) is 5.02 Å². The largest absolute Gasteiger partial charge is 0.486 e. The lowest BCUT2D eigenvalue weighted by molar-refractivity contribution is 0.301. The highest BCUT2D eigenvalue weighted by molar-refractivity contribution is 6.32. The Morgan fingerprint density at radius 1 is 1.31 bits per heavy atom. The summed E-state index contributed by atoms with van der Waals surface area (Å²) >= 11 is 6.34. The zero-order chi connectivity index (χ0) is 17.9. The van der Waals surface area contributed by atoms with E-state index in [-0.39, 0.29) is 6.04 Å². The number of hydrogen-bond acceptors (Lipinski definition) is 6. The first-order valence-corrected chi connectivity index (χ1v) is 8.99. The number of ether oxygens (including phenoxy) is 1. The molecule has 1 saturated carbocycles. The van der Waals surface area contributed by atoms with Gasteiger partial charge in [0, 0.05) is 17.8 Å². The van der Waals surface area contributed by atoms with Crippen LogP contribution in [0.15, 0.2) is 47.1 Å². The average Bonchev–Trinajstić information content (AvgIpc) is 3.38. The second kappa shape index (κ2) is 7.33. The molecule has 1 aliphatic rings. The zero-order valence-electron chi connectivity index (χ0n) is 14.4. The summed E-state index contributed by atoms with van der Waals surface area (Å²) < 4.78 is 11.1. The molecule has 0 aliphatic heterocycles. The first kappa shape index (κ1) is 16.8. The van der Waals surface area contributed by atoms with Gasteiger partial charge in [-0.15, -0.1) is 0 Å². The fourth-order valence-corrected chi connectivity index (χ4v) is 2.82. The molecule has 1 aromatic carbocycles. The number of pyridine rings is 1. The van der Waals surface area contributed by atoms with Gasteiger partial charge in [-0.05, 0) is 50.1 Å². The smallest absolute Gasteiger partial charge is 0.248 e. The minimum atomic E-state index is -0.105.